The van der Waals surface area contributed by atoms with Crippen molar-refractivity contribution in [2.24, 2.45) is 0 Å². The van der Waals surface area contributed by atoms with Crippen molar-refractivity contribution >= 4 is 47.3 Å². The van der Waals surface area contributed by atoms with Crippen LogP contribution in [0.1, 0.15) is 49.1 Å². The number of rotatable bonds is 6. The standard InChI is InChI=1S/C16H18N2O3.C13H13NO.2CO2/c1-2-3-4-12-9-14-13(17-10-12)5-6-15(19)18(14)11-16-20-7-8-21-16;1-2-3-4-10-7-11-8-12(15)5-6-13(11)14-9-10;2*2-1-3/h3-6,9-10,16H,2,7-8,11H2,1H3;3-7,9H,2,8H2,1H3;;/b2*4-3+;;. The number of aromatic nitrogens is 3. The molecule has 0 atom stereocenters. The number of ketones is 1. The fourth-order valence-electron chi connectivity index (χ4n) is 3.97. The maximum absolute atomic E-state index is 12.2. The number of carbonyl (C=O) groups excluding carboxylic acids is 5. The second kappa shape index (κ2) is 18.4. The molecule has 0 amide bonds. The molecule has 2 aliphatic rings. The molecule has 4 heterocycles. The molecule has 0 aromatic carbocycles. The molecule has 0 unspecified atom stereocenters. The Balaban J connectivity index is 0.000000257. The van der Waals surface area contributed by atoms with Crippen molar-refractivity contribution in [2.75, 3.05) is 13.2 Å². The van der Waals surface area contributed by atoms with Crippen LogP contribution in [0.15, 0.2) is 59.7 Å². The molecule has 0 saturated carbocycles. The van der Waals surface area contributed by atoms with Crippen molar-refractivity contribution in [2.45, 2.75) is 45.9 Å². The second-order valence-corrected chi connectivity index (χ2v) is 8.70. The first kappa shape index (κ1) is 33.3. The maximum Gasteiger partial charge on any atom is 0.373 e. The summed E-state index contributed by atoms with van der Waals surface area (Å²) in [7, 11) is 0. The molecule has 5 rings (SSSR count). The molecule has 1 fully saturated rings. The predicted octanol–water partition coefficient (Wildman–Crippen LogP) is 3.67. The van der Waals surface area contributed by atoms with Crippen molar-refractivity contribution in [3.63, 3.8) is 0 Å². The van der Waals surface area contributed by atoms with Gasteiger partial charge in [0.2, 0.25) is 0 Å². The van der Waals surface area contributed by atoms with Crippen molar-refractivity contribution < 1.29 is 33.4 Å². The number of hydrogen-bond donors (Lipinski definition) is 0. The fraction of sp³-hybridized carbons (Fsp3) is 0.290. The van der Waals surface area contributed by atoms with Crippen molar-refractivity contribution in [3.8, 4) is 0 Å². The summed E-state index contributed by atoms with van der Waals surface area (Å²) in [5.74, 6) is 0.154. The SMILES string of the molecule is CC/C=C/c1cnc2c(c1)CC(=O)C=C2.CC/C=C/c1cnc2ccc(=O)n(CC3OCCO3)c2c1.O=C=O.O=C=O. The van der Waals surface area contributed by atoms with E-state index >= 15 is 0 Å². The highest BCUT2D eigenvalue weighted by Gasteiger charge is 2.18. The third-order valence-electron chi connectivity index (χ3n) is 5.79. The molecule has 0 N–H and O–H groups in total. The summed E-state index contributed by atoms with van der Waals surface area (Å²) in [6, 6.07) is 7.30. The third kappa shape index (κ3) is 10.6. The van der Waals surface area contributed by atoms with Crippen LogP contribution in [0.2, 0.25) is 0 Å². The largest absolute Gasteiger partial charge is 0.373 e. The Morgan fingerprint density at radius 1 is 0.881 bits per heavy atom. The molecule has 1 aliphatic heterocycles. The topological polar surface area (TPSA) is 152 Å². The summed E-state index contributed by atoms with van der Waals surface area (Å²) < 4.78 is 12.5. The van der Waals surface area contributed by atoms with Crippen LogP contribution in [0.4, 0.5) is 0 Å². The summed E-state index contributed by atoms with van der Waals surface area (Å²) in [5.41, 5.74) is 5.53. The summed E-state index contributed by atoms with van der Waals surface area (Å²) in [6.45, 7) is 5.71. The van der Waals surface area contributed by atoms with Crippen LogP contribution >= 0.6 is 0 Å². The molecule has 0 radical (unpaired) electrons. The van der Waals surface area contributed by atoms with Gasteiger partial charge in [0.15, 0.2) is 12.1 Å². The minimum absolute atomic E-state index is 0.0694. The Morgan fingerprint density at radius 3 is 2.10 bits per heavy atom. The van der Waals surface area contributed by atoms with E-state index in [1.807, 2.05) is 36.7 Å². The van der Waals surface area contributed by atoms with Crippen LogP contribution in [-0.4, -0.2) is 52.1 Å². The number of carbonyl (C=O) groups is 1. The first-order valence-corrected chi connectivity index (χ1v) is 13.1. The van der Waals surface area contributed by atoms with E-state index in [1.54, 1.807) is 22.8 Å². The van der Waals surface area contributed by atoms with Gasteiger partial charge in [-0.25, -0.2) is 0 Å². The second-order valence-electron chi connectivity index (χ2n) is 8.70. The van der Waals surface area contributed by atoms with Gasteiger partial charge in [-0.15, -0.1) is 0 Å². The van der Waals surface area contributed by atoms with Gasteiger partial charge < -0.3 is 14.0 Å². The lowest BCUT2D eigenvalue weighted by Crippen LogP contribution is -2.27. The zero-order valence-electron chi connectivity index (χ0n) is 23.4. The van der Waals surface area contributed by atoms with Gasteiger partial charge in [0.25, 0.3) is 5.56 Å². The molecule has 0 spiro atoms. The average molecular weight is 574 g/mol. The molecule has 218 valence electrons. The number of ether oxygens (including phenoxy) is 2. The summed E-state index contributed by atoms with van der Waals surface area (Å²) in [5, 5.41) is 0. The predicted molar refractivity (Wildman–Crippen MR) is 152 cm³/mol. The Morgan fingerprint density at radius 2 is 1.48 bits per heavy atom. The van der Waals surface area contributed by atoms with E-state index in [9.17, 15) is 9.59 Å². The lowest BCUT2D eigenvalue weighted by atomic mass is 9.99. The smallest absolute Gasteiger partial charge is 0.348 e. The van der Waals surface area contributed by atoms with Gasteiger partial charge in [-0.1, -0.05) is 38.2 Å². The number of allylic oxidation sites excluding steroid dienone is 3. The molecular weight excluding hydrogens is 542 g/mol. The van der Waals surface area contributed by atoms with Gasteiger partial charge in [-0.05, 0) is 59.9 Å². The summed E-state index contributed by atoms with van der Waals surface area (Å²) >= 11 is 0. The van der Waals surface area contributed by atoms with Gasteiger partial charge in [0, 0.05) is 24.9 Å². The molecule has 3 aromatic rings. The average Bonchev–Trinajstić information content (AvgIpc) is 3.51. The van der Waals surface area contributed by atoms with E-state index in [0.717, 1.165) is 46.3 Å². The van der Waals surface area contributed by atoms with Crippen LogP contribution < -0.4 is 5.56 Å². The minimum atomic E-state index is -0.358. The van der Waals surface area contributed by atoms with E-state index in [2.05, 4.69) is 36.0 Å². The van der Waals surface area contributed by atoms with Gasteiger partial charge in [-0.3, -0.25) is 19.6 Å². The Bertz CT molecular complexity index is 1540. The number of hydrogen-bond acceptors (Lipinski definition) is 10. The molecule has 11 heteroatoms. The van der Waals surface area contributed by atoms with E-state index in [0.29, 0.717) is 26.2 Å². The van der Waals surface area contributed by atoms with E-state index < -0.39 is 0 Å². The van der Waals surface area contributed by atoms with Crippen LogP contribution in [0, 0.1) is 0 Å². The van der Waals surface area contributed by atoms with Crippen molar-refractivity contribution in [1.82, 2.24) is 14.5 Å². The molecule has 1 saturated heterocycles. The Kier molecular flexibility index (Phi) is 14.6. The van der Waals surface area contributed by atoms with Crippen molar-refractivity contribution in [3.05, 3.63) is 87.6 Å². The highest BCUT2D eigenvalue weighted by molar-refractivity contribution is 5.98. The Hall–Kier alpha value is -4.92. The lowest BCUT2D eigenvalue weighted by molar-refractivity contribution is -0.193. The first-order chi connectivity index (χ1) is 20.4. The van der Waals surface area contributed by atoms with Gasteiger partial charge >= 0.3 is 12.3 Å². The molecule has 1 aliphatic carbocycles. The van der Waals surface area contributed by atoms with Crippen LogP contribution in [0.5, 0.6) is 0 Å². The quantitative estimate of drug-likeness (QED) is 0.427. The first-order valence-electron chi connectivity index (χ1n) is 13.1. The van der Waals surface area contributed by atoms with Crippen LogP contribution in [0.3, 0.4) is 0 Å². The highest BCUT2D eigenvalue weighted by atomic mass is 16.7. The van der Waals surface area contributed by atoms with Crippen LogP contribution in [-0.2, 0) is 46.4 Å². The molecule has 11 nitrogen and oxygen atoms in total. The molecular formula is C31H31N3O8. The van der Waals surface area contributed by atoms with Crippen molar-refractivity contribution in [1.29, 1.82) is 0 Å². The summed E-state index contributed by atoms with van der Waals surface area (Å²) in [6.07, 6.45) is 17.8. The maximum atomic E-state index is 12.2. The third-order valence-corrected chi connectivity index (χ3v) is 5.79. The minimum Gasteiger partial charge on any atom is -0.348 e. The number of pyridine rings is 3. The van der Waals surface area contributed by atoms with Gasteiger partial charge in [0.05, 0.1) is 36.5 Å². The molecule has 42 heavy (non-hydrogen) atoms. The zero-order valence-corrected chi connectivity index (χ0v) is 23.4. The van der Waals surface area contributed by atoms with E-state index in [-0.39, 0.29) is 29.9 Å². The Labute approximate surface area is 242 Å². The van der Waals surface area contributed by atoms with E-state index in [4.69, 9.17) is 28.7 Å². The molecule has 3 aromatic heterocycles. The van der Waals surface area contributed by atoms with Crippen LogP contribution in [0.25, 0.3) is 29.3 Å². The number of fused-ring (bicyclic) bond motifs is 2. The highest BCUT2D eigenvalue weighted by Crippen LogP contribution is 2.17. The van der Waals surface area contributed by atoms with Gasteiger partial charge in [-0.2, -0.15) is 19.2 Å². The van der Waals surface area contributed by atoms with Gasteiger partial charge in [0.1, 0.15) is 0 Å². The fourth-order valence-corrected chi connectivity index (χ4v) is 3.97. The van der Waals surface area contributed by atoms with E-state index in [1.165, 1.54) is 6.07 Å². The molecule has 0 bridgehead atoms. The zero-order chi connectivity index (χ0) is 30.7. The summed E-state index contributed by atoms with van der Waals surface area (Å²) in [4.78, 5) is 64.6. The number of nitrogens with zero attached hydrogens (tertiary/aromatic N) is 3. The monoisotopic (exact) mass is 573 g/mol. The normalized spacial score (nSPS) is 13.7. The lowest BCUT2D eigenvalue weighted by Gasteiger charge is -2.14.